The Morgan fingerprint density at radius 2 is 1.57 bits per heavy atom. The molecule has 3 aromatic rings. The lowest BCUT2D eigenvalue weighted by Gasteiger charge is -2.26. The fraction of sp³-hybridized carbons (Fsp3) is 0.320. The smallest absolute Gasteiger partial charge is 0.255 e. The maximum Gasteiger partial charge on any atom is 0.255 e. The number of rotatable bonds is 5. The fourth-order valence-corrected chi connectivity index (χ4v) is 4.90. The van der Waals surface area contributed by atoms with E-state index in [4.69, 9.17) is 27.9 Å². The van der Waals surface area contributed by atoms with Crippen LogP contribution in [-0.4, -0.2) is 55.3 Å². The Kier molecular flexibility index (Phi) is 7.04. The summed E-state index contributed by atoms with van der Waals surface area (Å²) in [4.78, 5) is 26.0. The number of nitrogens with one attached hydrogen (secondary N) is 1. The molecule has 3 heterocycles. The molecule has 0 bridgehead atoms. The largest absolute Gasteiger partial charge is 0.378 e. The van der Waals surface area contributed by atoms with Crippen LogP contribution >= 0.6 is 23.2 Å². The van der Waals surface area contributed by atoms with Crippen molar-refractivity contribution in [1.29, 1.82) is 0 Å². The molecule has 0 radical (unpaired) electrons. The molecule has 0 spiro atoms. The van der Waals surface area contributed by atoms with Gasteiger partial charge >= 0.3 is 0 Å². The second-order valence-corrected chi connectivity index (χ2v) is 9.40. The summed E-state index contributed by atoms with van der Waals surface area (Å²) in [6.45, 7) is 4.26. The first kappa shape index (κ1) is 23.8. The lowest BCUT2D eigenvalue weighted by atomic mass is 10.1. The quantitative estimate of drug-likeness (QED) is 0.498. The van der Waals surface area contributed by atoms with Crippen LogP contribution in [0.3, 0.4) is 0 Å². The van der Waals surface area contributed by atoms with Gasteiger partial charge in [-0.15, -0.1) is 0 Å². The van der Waals surface area contributed by atoms with E-state index in [1.807, 2.05) is 4.90 Å². The number of ether oxygens (including phenoxy) is 1. The molecule has 0 unspecified atom stereocenters. The van der Waals surface area contributed by atoms with E-state index in [2.05, 4.69) is 20.2 Å². The van der Waals surface area contributed by atoms with E-state index < -0.39 is 5.82 Å². The number of amides is 1. The molecule has 2 fully saturated rings. The summed E-state index contributed by atoms with van der Waals surface area (Å²) in [6, 6.07) is 7.76. The van der Waals surface area contributed by atoms with Crippen molar-refractivity contribution in [2.24, 2.45) is 0 Å². The van der Waals surface area contributed by atoms with E-state index in [0.29, 0.717) is 70.4 Å². The molecule has 0 saturated carbocycles. The minimum Gasteiger partial charge on any atom is -0.378 e. The number of carbonyl (C=O) groups is 1. The third kappa shape index (κ3) is 5.34. The van der Waals surface area contributed by atoms with E-state index in [-0.39, 0.29) is 5.91 Å². The third-order valence-corrected chi connectivity index (χ3v) is 6.58. The summed E-state index contributed by atoms with van der Waals surface area (Å²) >= 11 is 12.2. The number of hydrogen-bond donors (Lipinski definition) is 1. The van der Waals surface area contributed by atoms with Gasteiger partial charge < -0.3 is 19.9 Å². The van der Waals surface area contributed by atoms with Gasteiger partial charge in [0.15, 0.2) is 0 Å². The van der Waals surface area contributed by atoms with E-state index >= 15 is 4.39 Å². The van der Waals surface area contributed by atoms with Crippen LogP contribution in [0.2, 0.25) is 10.0 Å². The minimum atomic E-state index is -0.404. The second-order valence-electron chi connectivity index (χ2n) is 8.53. The van der Waals surface area contributed by atoms with Crippen molar-refractivity contribution in [3.8, 4) is 11.1 Å². The first-order valence-electron chi connectivity index (χ1n) is 11.5. The molecule has 1 aromatic heterocycles. The minimum absolute atomic E-state index is 0.306. The maximum absolute atomic E-state index is 15.3. The van der Waals surface area contributed by atoms with Gasteiger partial charge in [-0.3, -0.25) is 4.79 Å². The van der Waals surface area contributed by atoms with Gasteiger partial charge in [-0.1, -0.05) is 23.2 Å². The van der Waals surface area contributed by atoms with Crippen LogP contribution in [0.25, 0.3) is 11.1 Å². The summed E-state index contributed by atoms with van der Waals surface area (Å²) in [5.41, 5.74) is 2.28. The van der Waals surface area contributed by atoms with Crippen molar-refractivity contribution in [3.05, 3.63) is 64.2 Å². The van der Waals surface area contributed by atoms with Gasteiger partial charge in [0.1, 0.15) is 5.82 Å². The van der Waals surface area contributed by atoms with Crippen LogP contribution in [0.1, 0.15) is 23.2 Å². The van der Waals surface area contributed by atoms with Gasteiger partial charge in [0.05, 0.1) is 24.6 Å². The van der Waals surface area contributed by atoms with Crippen LogP contribution in [0.4, 0.5) is 21.7 Å². The molecule has 2 saturated heterocycles. The van der Waals surface area contributed by atoms with Gasteiger partial charge in [0.25, 0.3) is 5.91 Å². The van der Waals surface area contributed by atoms with Crippen molar-refractivity contribution in [3.63, 3.8) is 0 Å². The lowest BCUT2D eigenvalue weighted by molar-refractivity contribution is 0.102. The highest BCUT2D eigenvalue weighted by Crippen LogP contribution is 2.36. The zero-order valence-electron chi connectivity index (χ0n) is 18.9. The van der Waals surface area contributed by atoms with Gasteiger partial charge in [0, 0.05) is 65.3 Å². The lowest BCUT2D eigenvalue weighted by Crippen LogP contribution is -2.37. The van der Waals surface area contributed by atoms with Crippen molar-refractivity contribution in [1.82, 2.24) is 9.97 Å². The summed E-state index contributed by atoms with van der Waals surface area (Å²) in [6.07, 6.45) is 5.23. The normalized spacial score (nSPS) is 16.0. The molecule has 2 aliphatic heterocycles. The number of anilines is 3. The number of morpholine rings is 1. The SMILES string of the molecule is O=C(Nc1cc(-c2cnc(N3CCOCC3)nc2)c(F)cc1N1CCCC1)c1cc(Cl)cc(Cl)c1. The average molecular weight is 516 g/mol. The van der Waals surface area contributed by atoms with Gasteiger partial charge in [-0.2, -0.15) is 0 Å². The van der Waals surface area contributed by atoms with Gasteiger partial charge in [-0.25, -0.2) is 14.4 Å². The monoisotopic (exact) mass is 515 g/mol. The Morgan fingerprint density at radius 3 is 2.23 bits per heavy atom. The number of hydrogen-bond acceptors (Lipinski definition) is 6. The second kappa shape index (κ2) is 10.4. The van der Waals surface area contributed by atoms with Crippen molar-refractivity contribution in [2.75, 3.05) is 54.5 Å². The first-order valence-corrected chi connectivity index (χ1v) is 12.2. The third-order valence-electron chi connectivity index (χ3n) is 6.15. The van der Waals surface area contributed by atoms with Crippen molar-refractivity contribution < 1.29 is 13.9 Å². The predicted octanol–water partition coefficient (Wildman–Crippen LogP) is 5.28. The molecule has 2 aliphatic rings. The molecule has 1 amide bonds. The number of nitrogens with zero attached hydrogens (tertiary/aromatic N) is 4. The molecule has 0 aliphatic carbocycles. The van der Waals surface area contributed by atoms with Crippen LogP contribution in [0.15, 0.2) is 42.7 Å². The number of carbonyl (C=O) groups excluding carboxylic acids is 1. The molecular weight excluding hydrogens is 492 g/mol. The number of halogens is 3. The Labute approximate surface area is 212 Å². The number of aromatic nitrogens is 2. The molecular formula is C25H24Cl2FN5O2. The topological polar surface area (TPSA) is 70.6 Å². The number of benzene rings is 2. The summed E-state index contributed by atoms with van der Waals surface area (Å²) in [5.74, 6) is -0.206. The molecule has 7 nitrogen and oxygen atoms in total. The molecule has 2 aromatic carbocycles. The summed E-state index contributed by atoms with van der Waals surface area (Å²) in [7, 11) is 0. The molecule has 35 heavy (non-hydrogen) atoms. The average Bonchev–Trinajstić information content (AvgIpc) is 3.40. The molecule has 182 valence electrons. The van der Waals surface area contributed by atoms with E-state index in [1.165, 1.54) is 6.07 Å². The molecule has 5 rings (SSSR count). The van der Waals surface area contributed by atoms with E-state index in [0.717, 1.165) is 25.9 Å². The molecule has 1 N–H and O–H groups in total. The zero-order valence-corrected chi connectivity index (χ0v) is 20.4. The van der Waals surface area contributed by atoms with Crippen LogP contribution in [0.5, 0.6) is 0 Å². The van der Waals surface area contributed by atoms with Crippen molar-refractivity contribution in [2.45, 2.75) is 12.8 Å². The predicted molar refractivity (Wildman–Crippen MR) is 136 cm³/mol. The standard InChI is InChI=1S/C25H24Cl2FN5O2/c26-18-9-16(10-19(27)11-18)24(34)31-22-12-20(21(28)13-23(22)32-3-1-2-4-32)17-14-29-25(30-15-17)33-5-7-35-8-6-33/h9-15H,1-8H2,(H,31,34). The van der Waals surface area contributed by atoms with Gasteiger partial charge in [0.2, 0.25) is 5.95 Å². The molecule has 0 atom stereocenters. The van der Waals surface area contributed by atoms with Gasteiger partial charge in [-0.05, 0) is 43.2 Å². The Bertz CT molecular complexity index is 1210. The summed E-state index contributed by atoms with van der Waals surface area (Å²) in [5, 5.41) is 3.65. The summed E-state index contributed by atoms with van der Waals surface area (Å²) < 4.78 is 20.7. The highest BCUT2D eigenvalue weighted by atomic mass is 35.5. The maximum atomic E-state index is 15.3. The Morgan fingerprint density at radius 1 is 0.914 bits per heavy atom. The fourth-order valence-electron chi connectivity index (χ4n) is 4.37. The Balaban J connectivity index is 1.48. The highest BCUT2D eigenvalue weighted by molar-refractivity contribution is 6.35. The highest BCUT2D eigenvalue weighted by Gasteiger charge is 2.22. The zero-order chi connectivity index (χ0) is 24.4. The first-order chi connectivity index (χ1) is 17.0. The molecule has 10 heteroatoms. The van der Waals surface area contributed by atoms with E-state index in [9.17, 15) is 4.79 Å². The van der Waals surface area contributed by atoms with E-state index in [1.54, 1.807) is 36.7 Å². The van der Waals surface area contributed by atoms with Crippen LogP contribution in [0, 0.1) is 5.82 Å². The van der Waals surface area contributed by atoms with Crippen LogP contribution in [-0.2, 0) is 4.74 Å². The van der Waals surface area contributed by atoms with Crippen molar-refractivity contribution >= 4 is 46.4 Å². The van der Waals surface area contributed by atoms with Crippen LogP contribution < -0.4 is 15.1 Å². The Hall–Kier alpha value is -2.94.